The van der Waals surface area contributed by atoms with E-state index in [9.17, 15) is 9.59 Å². The molecule has 0 aliphatic heterocycles. The Balaban J connectivity index is 2.67. The number of allylic oxidation sites excluding steroid dienone is 1. The lowest BCUT2D eigenvalue weighted by molar-refractivity contribution is -0.133. The molecule has 0 bridgehead atoms. The van der Waals surface area contributed by atoms with E-state index in [-0.39, 0.29) is 11.2 Å². The van der Waals surface area contributed by atoms with Gasteiger partial charge >= 0.3 is 5.97 Å². The van der Waals surface area contributed by atoms with Crippen molar-refractivity contribution < 1.29 is 14.7 Å². The fraction of sp³-hybridized carbons (Fsp3) is 0.667. The average Bonchev–Trinajstić information content (AvgIpc) is 2.19. The van der Waals surface area contributed by atoms with E-state index in [0.717, 1.165) is 19.3 Å². The van der Waals surface area contributed by atoms with Gasteiger partial charge in [-0.25, -0.2) is 4.79 Å². The summed E-state index contributed by atoms with van der Waals surface area (Å²) >= 11 is 0. The molecule has 1 rings (SSSR count). The topological polar surface area (TPSA) is 54.4 Å². The van der Waals surface area contributed by atoms with Gasteiger partial charge in [0.05, 0.1) is 0 Å². The second kappa shape index (κ2) is 4.60. The van der Waals surface area contributed by atoms with Gasteiger partial charge in [-0.2, -0.15) is 0 Å². The molecule has 1 N–H and O–H groups in total. The minimum Gasteiger partial charge on any atom is -0.478 e. The number of carboxylic acids is 1. The lowest BCUT2D eigenvalue weighted by atomic mass is 9.72. The summed E-state index contributed by atoms with van der Waals surface area (Å²) in [7, 11) is 0. The van der Waals surface area contributed by atoms with Gasteiger partial charge in [0.1, 0.15) is 5.78 Å². The molecule has 1 aliphatic rings. The van der Waals surface area contributed by atoms with Gasteiger partial charge in [0.2, 0.25) is 0 Å². The van der Waals surface area contributed by atoms with Crippen molar-refractivity contribution in [1.29, 1.82) is 0 Å². The normalized spacial score (nSPS) is 27.9. The first-order chi connectivity index (χ1) is 6.96. The lowest BCUT2D eigenvalue weighted by Gasteiger charge is -2.30. The van der Waals surface area contributed by atoms with E-state index < -0.39 is 5.97 Å². The van der Waals surface area contributed by atoms with Crippen molar-refractivity contribution in [2.24, 2.45) is 5.41 Å². The standard InChI is InChI=1S/C12H18O3/c1-9(11(14)15)6-8-12(2)7-4-3-5-10(12)13/h6H,3-5,7-8H2,1-2H3,(H,14,15)/b9-6-. The predicted molar refractivity (Wildman–Crippen MR) is 57.6 cm³/mol. The molecule has 1 aliphatic carbocycles. The summed E-state index contributed by atoms with van der Waals surface area (Å²) in [5.41, 5.74) is 0.00389. The molecule has 1 unspecified atom stereocenters. The van der Waals surface area contributed by atoms with E-state index in [1.54, 1.807) is 13.0 Å². The maximum atomic E-state index is 11.7. The Morgan fingerprint density at radius 3 is 2.73 bits per heavy atom. The van der Waals surface area contributed by atoms with Crippen LogP contribution >= 0.6 is 0 Å². The highest BCUT2D eigenvalue weighted by molar-refractivity contribution is 5.87. The second-order valence-electron chi connectivity index (χ2n) is 4.59. The van der Waals surface area contributed by atoms with E-state index in [1.165, 1.54) is 0 Å². The molecule has 0 aromatic heterocycles. The molecule has 3 nitrogen and oxygen atoms in total. The molecule has 0 saturated heterocycles. The third-order valence-corrected chi connectivity index (χ3v) is 3.25. The van der Waals surface area contributed by atoms with Crippen LogP contribution < -0.4 is 0 Å². The number of hydrogen-bond acceptors (Lipinski definition) is 2. The van der Waals surface area contributed by atoms with Crippen LogP contribution in [0.15, 0.2) is 11.6 Å². The van der Waals surface area contributed by atoms with Crippen LogP contribution in [0.25, 0.3) is 0 Å². The summed E-state index contributed by atoms with van der Waals surface area (Å²) < 4.78 is 0. The number of carboxylic acid groups (broad SMARTS) is 1. The number of aliphatic carboxylic acids is 1. The minimum atomic E-state index is -0.901. The fourth-order valence-corrected chi connectivity index (χ4v) is 1.92. The molecule has 0 heterocycles. The Morgan fingerprint density at radius 1 is 1.53 bits per heavy atom. The molecular weight excluding hydrogens is 192 g/mol. The molecule has 0 spiro atoms. The summed E-state index contributed by atoms with van der Waals surface area (Å²) in [6.45, 7) is 3.51. The summed E-state index contributed by atoms with van der Waals surface area (Å²) in [6.07, 6.45) is 5.82. The molecule has 0 radical (unpaired) electrons. The van der Waals surface area contributed by atoms with Crippen LogP contribution in [0.5, 0.6) is 0 Å². The molecule has 0 aromatic rings. The monoisotopic (exact) mass is 210 g/mol. The fourth-order valence-electron chi connectivity index (χ4n) is 1.92. The molecule has 0 amide bonds. The highest BCUT2D eigenvalue weighted by Crippen LogP contribution is 2.36. The summed E-state index contributed by atoms with van der Waals surface area (Å²) in [6, 6.07) is 0. The van der Waals surface area contributed by atoms with E-state index in [0.29, 0.717) is 18.4 Å². The number of carbonyl (C=O) groups is 2. The van der Waals surface area contributed by atoms with Crippen LogP contribution in [0.4, 0.5) is 0 Å². The maximum Gasteiger partial charge on any atom is 0.330 e. The third kappa shape index (κ3) is 2.91. The first-order valence-corrected chi connectivity index (χ1v) is 5.39. The van der Waals surface area contributed by atoms with Gasteiger partial charge in [-0.3, -0.25) is 4.79 Å². The Bertz CT molecular complexity index is 304. The van der Waals surface area contributed by atoms with Crippen LogP contribution in [-0.2, 0) is 9.59 Å². The zero-order valence-electron chi connectivity index (χ0n) is 9.38. The van der Waals surface area contributed by atoms with Gasteiger partial charge in [-0.15, -0.1) is 0 Å². The third-order valence-electron chi connectivity index (χ3n) is 3.25. The first-order valence-electron chi connectivity index (χ1n) is 5.39. The van der Waals surface area contributed by atoms with Gasteiger partial charge in [-0.05, 0) is 26.2 Å². The number of carbonyl (C=O) groups excluding carboxylic acids is 1. The molecular formula is C12H18O3. The number of hydrogen-bond donors (Lipinski definition) is 1. The Morgan fingerprint density at radius 2 is 2.20 bits per heavy atom. The minimum absolute atomic E-state index is 0.281. The van der Waals surface area contributed by atoms with Crippen LogP contribution in [0, 0.1) is 5.41 Å². The second-order valence-corrected chi connectivity index (χ2v) is 4.59. The number of Topliss-reactive ketones (excluding diaryl/α,β-unsaturated/α-hetero) is 1. The van der Waals surface area contributed by atoms with Gasteiger partial charge < -0.3 is 5.11 Å². The van der Waals surface area contributed by atoms with Crippen molar-refractivity contribution in [3.05, 3.63) is 11.6 Å². The zero-order valence-corrected chi connectivity index (χ0v) is 9.38. The highest BCUT2D eigenvalue weighted by Gasteiger charge is 2.33. The van der Waals surface area contributed by atoms with Crippen molar-refractivity contribution in [3.8, 4) is 0 Å². The smallest absolute Gasteiger partial charge is 0.330 e. The van der Waals surface area contributed by atoms with Crippen molar-refractivity contribution >= 4 is 11.8 Å². The van der Waals surface area contributed by atoms with E-state index in [1.807, 2.05) is 6.92 Å². The van der Waals surface area contributed by atoms with Crippen molar-refractivity contribution in [2.45, 2.75) is 46.0 Å². The van der Waals surface area contributed by atoms with Crippen LogP contribution in [0.3, 0.4) is 0 Å². The van der Waals surface area contributed by atoms with E-state index >= 15 is 0 Å². The summed E-state index contributed by atoms with van der Waals surface area (Å²) in [5, 5.41) is 8.71. The molecule has 3 heteroatoms. The van der Waals surface area contributed by atoms with Crippen LogP contribution in [0.1, 0.15) is 46.0 Å². The van der Waals surface area contributed by atoms with Crippen LogP contribution in [-0.4, -0.2) is 16.9 Å². The van der Waals surface area contributed by atoms with Gasteiger partial charge in [0, 0.05) is 17.4 Å². The van der Waals surface area contributed by atoms with Gasteiger partial charge in [-0.1, -0.05) is 19.4 Å². The molecule has 0 aromatic carbocycles. The molecule has 1 atom stereocenters. The predicted octanol–water partition coefficient (Wildman–Crippen LogP) is 2.56. The zero-order chi connectivity index (χ0) is 11.5. The molecule has 15 heavy (non-hydrogen) atoms. The van der Waals surface area contributed by atoms with E-state index in [4.69, 9.17) is 5.11 Å². The SMILES string of the molecule is C/C(=C/CC1(C)CCCCC1=O)C(=O)O. The van der Waals surface area contributed by atoms with Crippen LogP contribution in [0.2, 0.25) is 0 Å². The quantitative estimate of drug-likeness (QED) is 0.728. The molecule has 1 fully saturated rings. The highest BCUT2D eigenvalue weighted by atomic mass is 16.4. The Labute approximate surface area is 90.2 Å². The van der Waals surface area contributed by atoms with Crippen molar-refractivity contribution in [1.82, 2.24) is 0 Å². The first kappa shape index (κ1) is 12.0. The summed E-state index contributed by atoms with van der Waals surface area (Å²) in [5.74, 6) is -0.620. The average molecular weight is 210 g/mol. The summed E-state index contributed by atoms with van der Waals surface area (Å²) in [4.78, 5) is 22.3. The number of rotatable bonds is 3. The van der Waals surface area contributed by atoms with Crippen molar-refractivity contribution in [3.63, 3.8) is 0 Å². The maximum absolute atomic E-state index is 11.7. The van der Waals surface area contributed by atoms with Gasteiger partial charge in [0.25, 0.3) is 0 Å². The molecule has 84 valence electrons. The Hall–Kier alpha value is -1.12. The largest absolute Gasteiger partial charge is 0.478 e. The van der Waals surface area contributed by atoms with Gasteiger partial charge in [0.15, 0.2) is 0 Å². The Kier molecular flexibility index (Phi) is 3.66. The number of ketones is 1. The van der Waals surface area contributed by atoms with Crippen molar-refractivity contribution in [2.75, 3.05) is 0 Å². The lowest BCUT2D eigenvalue weighted by Crippen LogP contribution is -2.30. The van der Waals surface area contributed by atoms with E-state index in [2.05, 4.69) is 0 Å². The molecule has 1 saturated carbocycles.